The number of hydrogen-bond donors (Lipinski definition) is 1. The summed E-state index contributed by atoms with van der Waals surface area (Å²) in [5.41, 5.74) is 5.80. The Morgan fingerprint density at radius 1 is 1.64 bits per heavy atom. The van der Waals surface area contributed by atoms with Gasteiger partial charge in [-0.1, -0.05) is 0 Å². The van der Waals surface area contributed by atoms with E-state index in [0.29, 0.717) is 11.8 Å². The number of nitrogens with two attached hydrogens (primary N) is 1. The molecule has 1 fully saturated rings. The number of ether oxygens (including phenoxy) is 1. The van der Waals surface area contributed by atoms with Gasteiger partial charge in [-0.05, 0) is 6.42 Å². The predicted molar refractivity (Wildman–Crippen MR) is 53.4 cm³/mol. The molecule has 2 rings (SSSR count). The third kappa shape index (κ3) is 1.77. The van der Waals surface area contributed by atoms with Crippen LogP contribution in [-0.2, 0) is 0 Å². The van der Waals surface area contributed by atoms with Gasteiger partial charge in [0.05, 0.1) is 7.11 Å². The van der Waals surface area contributed by atoms with Gasteiger partial charge in [-0.15, -0.1) is 0 Å². The molecule has 1 aromatic heterocycles. The number of methoxy groups -OCH3 is 1. The van der Waals surface area contributed by atoms with Crippen molar-refractivity contribution in [2.75, 3.05) is 25.1 Å². The molecule has 1 unspecified atom stereocenters. The van der Waals surface area contributed by atoms with Crippen molar-refractivity contribution in [3.05, 3.63) is 12.3 Å². The molecule has 2 heterocycles. The standard InChI is InChI=1S/C9H14N4O/c1-14-8-2-4-11-9(12-8)13-5-3-7(10)6-13/h2,4,7H,3,5-6,10H2,1H3. The minimum atomic E-state index is 0.241. The Kier molecular flexibility index (Phi) is 2.49. The molecule has 1 aliphatic rings. The van der Waals surface area contributed by atoms with Crippen molar-refractivity contribution < 1.29 is 4.74 Å². The van der Waals surface area contributed by atoms with Gasteiger partial charge < -0.3 is 15.4 Å². The number of aromatic nitrogens is 2. The first kappa shape index (κ1) is 9.21. The lowest BCUT2D eigenvalue weighted by Crippen LogP contribution is -2.27. The first-order chi connectivity index (χ1) is 6.79. The third-order valence-corrected chi connectivity index (χ3v) is 2.33. The monoisotopic (exact) mass is 194 g/mol. The average Bonchev–Trinajstić information content (AvgIpc) is 2.65. The predicted octanol–water partition coefficient (Wildman–Crippen LogP) is 0.0226. The summed E-state index contributed by atoms with van der Waals surface area (Å²) < 4.78 is 5.03. The topological polar surface area (TPSA) is 64.3 Å². The Bertz CT molecular complexity index is 317. The van der Waals surface area contributed by atoms with Gasteiger partial charge in [0, 0.05) is 31.4 Å². The molecule has 0 aromatic carbocycles. The van der Waals surface area contributed by atoms with Crippen LogP contribution in [0.5, 0.6) is 5.88 Å². The molecule has 1 aromatic rings. The molecule has 0 bridgehead atoms. The van der Waals surface area contributed by atoms with Gasteiger partial charge in [0.15, 0.2) is 0 Å². The molecular weight excluding hydrogens is 180 g/mol. The molecule has 14 heavy (non-hydrogen) atoms. The molecule has 0 spiro atoms. The maximum Gasteiger partial charge on any atom is 0.228 e. The summed E-state index contributed by atoms with van der Waals surface area (Å²) >= 11 is 0. The molecule has 1 aliphatic heterocycles. The van der Waals surface area contributed by atoms with E-state index < -0.39 is 0 Å². The minimum Gasteiger partial charge on any atom is -0.481 e. The fourth-order valence-corrected chi connectivity index (χ4v) is 1.57. The van der Waals surface area contributed by atoms with Crippen molar-refractivity contribution in [2.24, 2.45) is 5.73 Å². The van der Waals surface area contributed by atoms with E-state index in [1.165, 1.54) is 0 Å². The average molecular weight is 194 g/mol. The largest absolute Gasteiger partial charge is 0.481 e. The zero-order chi connectivity index (χ0) is 9.97. The molecule has 1 saturated heterocycles. The summed E-state index contributed by atoms with van der Waals surface area (Å²) in [5, 5.41) is 0. The summed E-state index contributed by atoms with van der Waals surface area (Å²) in [6.07, 6.45) is 2.70. The van der Waals surface area contributed by atoms with Crippen LogP contribution in [0.2, 0.25) is 0 Å². The van der Waals surface area contributed by atoms with E-state index in [-0.39, 0.29) is 6.04 Å². The SMILES string of the molecule is COc1ccnc(N2CCC(N)C2)n1. The molecule has 0 radical (unpaired) electrons. The molecule has 2 N–H and O–H groups in total. The van der Waals surface area contributed by atoms with Gasteiger partial charge in [-0.3, -0.25) is 0 Å². The van der Waals surface area contributed by atoms with Crippen molar-refractivity contribution in [3.63, 3.8) is 0 Å². The highest BCUT2D eigenvalue weighted by Crippen LogP contribution is 2.16. The summed E-state index contributed by atoms with van der Waals surface area (Å²) in [6.45, 7) is 1.75. The van der Waals surface area contributed by atoms with Gasteiger partial charge in [0.2, 0.25) is 11.8 Å². The molecule has 0 saturated carbocycles. The van der Waals surface area contributed by atoms with Gasteiger partial charge in [-0.2, -0.15) is 4.98 Å². The van der Waals surface area contributed by atoms with Gasteiger partial charge in [-0.25, -0.2) is 4.98 Å². The summed E-state index contributed by atoms with van der Waals surface area (Å²) in [6, 6.07) is 1.98. The van der Waals surface area contributed by atoms with E-state index in [0.717, 1.165) is 19.5 Å². The second-order valence-corrected chi connectivity index (χ2v) is 3.39. The van der Waals surface area contributed by atoms with E-state index in [2.05, 4.69) is 14.9 Å². The number of hydrogen-bond acceptors (Lipinski definition) is 5. The van der Waals surface area contributed by atoms with E-state index in [4.69, 9.17) is 10.5 Å². The van der Waals surface area contributed by atoms with Crippen LogP contribution in [0.25, 0.3) is 0 Å². The molecule has 0 amide bonds. The second-order valence-electron chi connectivity index (χ2n) is 3.39. The molecule has 1 atom stereocenters. The minimum absolute atomic E-state index is 0.241. The van der Waals surface area contributed by atoms with Crippen LogP contribution < -0.4 is 15.4 Å². The zero-order valence-electron chi connectivity index (χ0n) is 8.18. The third-order valence-electron chi connectivity index (χ3n) is 2.33. The highest BCUT2D eigenvalue weighted by molar-refractivity contribution is 5.33. The van der Waals surface area contributed by atoms with E-state index in [1.54, 1.807) is 19.4 Å². The van der Waals surface area contributed by atoms with E-state index >= 15 is 0 Å². The highest BCUT2D eigenvalue weighted by Gasteiger charge is 2.21. The fourth-order valence-electron chi connectivity index (χ4n) is 1.57. The van der Waals surface area contributed by atoms with Crippen LogP contribution >= 0.6 is 0 Å². The van der Waals surface area contributed by atoms with Crippen LogP contribution in [0.15, 0.2) is 12.3 Å². The van der Waals surface area contributed by atoms with Gasteiger partial charge in [0.25, 0.3) is 0 Å². The lowest BCUT2D eigenvalue weighted by molar-refractivity contribution is 0.397. The highest BCUT2D eigenvalue weighted by atomic mass is 16.5. The molecule has 5 nitrogen and oxygen atoms in total. The van der Waals surface area contributed by atoms with Crippen LogP contribution in [0.3, 0.4) is 0 Å². The lowest BCUT2D eigenvalue weighted by Gasteiger charge is -2.15. The van der Waals surface area contributed by atoms with Crippen LogP contribution in [0.4, 0.5) is 5.95 Å². The molecule has 0 aliphatic carbocycles. The van der Waals surface area contributed by atoms with Crippen molar-refractivity contribution in [2.45, 2.75) is 12.5 Å². The maximum absolute atomic E-state index is 5.80. The number of anilines is 1. The van der Waals surface area contributed by atoms with E-state index in [1.807, 2.05) is 0 Å². The molecule has 5 heteroatoms. The Morgan fingerprint density at radius 3 is 3.14 bits per heavy atom. The maximum atomic E-state index is 5.80. The van der Waals surface area contributed by atoms with Crippen LogP contribution in [0, 0.1) is 0 Å². The Labute approximate surface area is 82.9 Å². The Hall–Kier alpha value is -1.36. The lowest BCUT2D eigenvalue weighted by atomic mass is 10.3. The summed E-state index contributed by atoms with van der Waals surface area (Å²) in [7, 11) is 1.60. The van der Waals surface area contributed by atoms with Crippen molar-refractivity contribution in [1.29, 1.82) is 0 Å². The first-order valence-electron chi connectivity index (χ1n) is 4.67. The molecular formula is C9H14N4O. The zero-order valence-corrected chi connectivity index (χ0v) is 8.18. The van der Waals surface area contributed by atoms with Gasteiger partial charge in [0.1, 0.15) is 0 Å². The van der Waals surface area contributed by atoms with Gasteiger partial charge >= 0.3 is 0 Å². The normalized spacial score (nSPS) is 21.3. The Morgan fingerprint density at radius 2 is 2.50 bits per heavy atom. The summed E-state index contributed by atoms with van der Waals surface area (Å²) in [4.78, 5) is 10.5. The van der Waals surface area contributed by atoms with Crippen molar-refractivity contribution in [1.82, 2.24) is 9.97 Å². The smallest absolute Gasteiger partial charge is 0.228 e. The Balaban J connectivity index is 2.15. The summed E-state index contributed by atoms with van der Waals surface area (Å²) in [5.74, 6) is 1.30. The number of nitrogens with zero attached hydrogens (tertiary/aromatic N) is 3. The van der Waals surface area contributed by atoms with Crippen LogP contribution in [-0.4, -0.2) is 36.2 Å². The van der Waals surface area contributed by atoms with Crippen molar-refractivity contribution in [3.8, 4) is 5.88 Å². The number of rotatable bonds is 2. The first-order valence-corrected chi connectivity index (χ1v) is 4.67. The van der Waals surface area contributed by atoms with Crippen LogP contribution in [0.1, 0.15) is 6.42 Å². The van der Waals surface area contributed by atoms with E-state index in [9.17, 15) is 0 Å². The second kappa shape index (κ2) is 3.79. The fraction of sp³-hybridized carbons (Fsp3) is 0.556. The quantitative estimate of drug-likeness (QED) is 0.719. The molecule has 76 valence electrons. The van der Waals surface area contributed by atoms with Crippen molar-refractivity contribution >= 4 is 5.95 Å².